The lowest BCUT2D eigenvalue weighted by Gasteiger charge is -2.46. The van der Waals surface area contributed by atoms with Crippen molar-refractivity contribution in [1.82, 2.24) is 9.21 Å². The molecular formula is C10H19ClN2O2S. The van der Waals surface area contributed by atoms with Crippen LogP contribution in [-0.4, -0.2) is 54.6 Å². The molecule has 0 N–H and O–H groups in total. The highest BCUT2D eigenvalue weighted by Gasteiger charge is 2.37. The lowest BCUT2D eigenvalue weighted by Crippen LogP contribution is -2.60. The number of hydrogen-bond donors (Lipinski definition) is 0. The van der Waals surface area contributed by atoms with Crippen LogP contribution in [0.5, 0.6) is 0 Å². The van der Waals surface area contributed by atoms with Crippen LogP contribution in [0.25, 0.3) is 0 Å². The minimum atomic E-state index is -3.25. The Morgan fingerprint density at radius 3 is 2.75 bits per heavy atom. The smallest absolute Gasteiger partial charge is 0.228 e. The van der Waals surface area contributed by atoms with Crippen LogP contribution < -0.4 is 0 Å². The summed E-state index contributed by atoms with van der Waals surface area (Å²) in [5.41, 5.74) is 0. The highest BCUT2D eigenvalue weighted by molar-refractivity contribution is 7.90. The van der Waals surface area contributed by atoms with Gasteiger partial charge < -0.3 is 0 Å². The Kier molecular flexibility index (Phi) is 3.79. The molecule has 2 aliphatic rings. The van der Waals surface area contributed by atoms with Crippen molar-refractivity contribution in [2.75, 3.05) is 24.8 Å². The van der Waals surface area contributed by atoms with E-state index in [1.807, 2.05) is 6.92 Å². The Bertz CT molecular complexity index is 347. The second-order valence-corrected chi connectivity index (χ2v) is 7.29. The van der Waals surface area contributed by atoms with E-state index in [4.69, 9.17) is 11.6 Å². The van der Waals surface area contributed by atoms with Crippen molar-refractivity contribution in [1.29, 1.82) is 0 Å². The molecule has 2 rings (SSSR count). The highest BCUT2D eigenvalue weighted by Crippen LogP contribution is 2.26. The summed E-state index contributed by atoms with van der Waals surface area (Å²) in [5.74, 6) is 0. The van der Waals surface area contributed by atoms with Gasteiger partial charge >= 0.3 is 0 Å². The Balaban J connectivity index is 2.12. The predicted octanol–water partition coefficient (Wildman–Crippen LogP) is 1.07. The second-order valence-electron chi connectivity index (χ2n) is 4.78. The molecule has 0 radical (unpaired) electrons. The highest BCUT2D eigenvalue weighted by atomic mass is 35.5. The number of piperazine rings is 1. The van der Waals surface area contributed by atoms with E-state index in [9.17, 15) is 8.42 Å². The summed E-state index contributed by atoms with van der Waals surface area (Å²) in [5, 5.41) is -0.302. The number of fused-ring (bicyclic) bond motifs is 1. The zero-order valence-corrected chi connectivity index (χ0v) is 11.2. The van der Waals surface area contributed by atoms with Crippen molar-refractivity contribution in [3.8, 4) is 0 Å². The van der Waals surface area contributed by atoms with Gasteiger partial charge in [0.1, 0.15) is 5.21 Å². The quantitative estimate of drug-likeness (QED) is 0.702. The summed E-state index contributed by atoms with van der Waals surface area (Å²) in [4.78, 5) is 2.43. The van der Waals surface area contributed by atoms with Crippen molar-refractivity contribution in [3.05, 3.63) is 0 Å². The van der Waals surface area contributed by atoms with Gasteiger partial charge in [0.2, 0.25) is 10.0 Å². The van der Waals surface area contributed by atoms with Crippen LogP contribution in [0.3, 0.4) is 0 Å². The van der Waals surface area contributed by atoms with E-state index in [1.165, 1.54) is 12.8 Å². The van der Waals surface area contributed by atoms with Crippen molar-refractivity contribution in [2.45, 2.75) is 38.3 Å². The van der Waals surface area contributed by atoms with E-state index in [0.29, 0.717) is 12.6 Å². The maximum Gasteiger partial charge on any atom is 0.228 e. The number of halogens is 1. The van der Waals surface area contributed by atoms with Crippen molar-refractivity contribution < 1.29 is 8.42 Å². The van der Waals surface area contributed by atoms with Gasteiger partial charge in [-0.15, -0.1) is 11.6 Å². The molecule has 0 aliphatic carbocycles. The Morgan fingerprint density at radius 2 is 2.06 bits per heavy atom. The first-order valence-corrected chi connectivity index (χ1v) is 7.98. The maximum absolute atomic E-state index is 11.8. The summed E-state index contributed by atoms with van der Waals surface area (Å²) in [6, 6.07) is 0.459. The molecule has 2 atom stereocenters. The number of hydrogen-bond acceptors (Lipinski definition) is 3. The molecule has 4 nitrogen and oxygen atoms in total. The largest absolute Gasteiger partial charge is 0.297 e. The molecule has 0 aromatic carbocycles. The number of alkyl halides is 1. The minimum absolute atomic E-state index is 0.0538. The SMILES string of the molecule is CC1CN2CCCCC2CN1S(=O)(=O)CCl. The maximum atomic E-state index is 11.8. The third-order valence-corrected chi connectivity index (χ3v) is 5.95. The predicted molar refractivity (Wildman–Crippen MR) is 65.0 cm³/mol. The van der Waals surface area contributed by atoms with E-state index in [-0.39, 0.29) is 11.3 Å². The van der Waals surface area contributed by atoms with Crippen molar-refractivity contribution in [3.63, 3.8) is 0 Å². The molecule has 0 aromatic rings. The number of sulfonamides is 1. The first kappa shape index (κ1) is 12.6. The van der Waals surface area contributed by atoms with Gasteiger partial charge in [0.15, 0.2) is 0 Å². The summed E-state index contributed by atoms with van der Waals surface area (Å²) in [6.45, 7) is 4.55. The van der Waals surface area contributed by atoms with Gasteiger partial charge in [-0.2, -0.15) is 4.31 Å². The van der Waals surface area contributed by atoms with E-state index in [2.05, 4.69) is 4.90 Å². The molecule has 0 aromatic heterocycles. The number of nitrogens with zero attached hydrogens (tertiary/aromatic N) is 2. The average molecular weight is 267 g/mol. The van der Waals surface area contributed by atoms with Gasteiger partial charge in [0, 0.05) is 25.2 Å². The molecule has 2 fully saturated rings. The Hall–Kier alpha value is 0.160. The van der Waals surface area contributed by atoms with Gasteiger partial charge in [0.25, 0.3) is 0 Å². The normalized spacial score (nSPS) is 33.6. The Labute approximate surface area is 103 Å². The molecule has 6 heteroatoms. The van der Waals surface area contributed by atoms with Gasteiger partial charge in [-0.25, -0.2) is 8.42 Å². The summed E-state index contributed by atoms with van der Waals surface area (Å²) in [7, 11) is -3.25. The van der Waals surface area contributed by atoms with Gasteiger partial charge in [-0.05, 0) is 26.3 Å². The van der Waals surface area contributed by atoms with Gasteiger partial charge in [-0.1, -0.05) is 6.42 Å². The molecule has 2 unspecified atom stereocenters. The van der Waals surface area contributed by atoms with Crippen LogP contribution in [0, 0.1) is 0 Å². The Morgan fingerprint density at radius 1 is 1.31 bits per heavy atom. The van der Waals surface area contributed by atoms with E-state index in [1.54, 1.807) is 4.31 Å². The third kappa shape index (κ3) is 2.37. The van der Waals surface area contributed by atoms with Gasteiger partial charge in [-0.3, -0.25) is 4.90 Å². The van der Waals surface area contributed by atoms with Crippen LogP contribution in [0.15, 0.2) is 0 Å². The molecular weight excluding hydrogens is 248 g/mol. The fraction of sp³-hybridized carbons (Fsp3) is 1.00. The van der Waals surface area contributed by atoms with E-state index in [0.717, 1.165) is 19.5 Å². The van der Waals surface area contributed by atoms with Crippen LogP contribution in [0.2, 0.25) is 0 Å². The first-order chi connectivity index (χ1) is 7.54. The second kappa shape index (κ2) is 4.80. The number of rotatable bonds is 2. The molecule has 94 valence electrons. The average Bonchev–Trinajstić information content (AvgIpc) is 2.28. The lowest BCUT2D eigenvalue weighted by molar-refractivity contribution is 0.0567. The lowest BCUT2D eigenvalue weighted by atomic mass is 9.99. The molecule has 0 spiro atoms. The molecule has 0 bridgehead atoms. The molecule has 0 saturated carbocycles. The van der Waals surface area contributed by atoms with Crippen molar-refractivity contribution in [2.24, 2.45) is 0 Å². The standard InChI is InChI=1S/C10H19ClN2O2S/c1-9-6-12-5-3-2-4-10(12)7-13(9)16(14,15)8-11/h9-10H,2-8H2,1H3. The van der Waals surface area contributed by atoms with E-state index >= 15 is 0 Å². The van der Waals surface area contributed by atoms with E-state index < -0.39 is 10.0 Å². The van der Waals surface area contributed by atoms with Crippen LogP contribution in [-0.2, 0) is 10.0 Å². The zero-order valence-electron chi connectivity index (χ0n) is 9.60. The fourth-order valence-electron chi connectivity index (χ4n) is 2.78. The summed E-state index contributed by atoms with van der Waals surface area (Å²) in [6.07, 6.45) is 3.57. The molecule has 0 amide bonds. The minimum Gasteiger partial charge on any atom is -0.297 e. The molecule has 2 aliphatic heterocycles. The van der Waals surface area contributed by atoms with Gasteiger partial charge in [0.05, 0.1) is 0 Å². The topological polar surface area (TPSA) is 40.6 Å². The van der Waals surface area contributed by atoms with Crippen molar-refractivity contribution >= 4 is 21.6 Å². The van der Waals surface area contributed by atoms with Crippen LogP contribution >= 0.6 is 11.6 Å². The summed E-state index contributed by atoms with van der Waals surface area (Å²) >= 11 is 5.52. The van der Waals surface area contributed by atoms with Crippen LogP contribution in [0.4, 0.5) is 0 Å². The monoisotopic (exact) mass is 266 g/mol. The number of piperidine rings is 1. The molecule has 2 heterocycles. The fourth-order valence-corrected chi connectivity index (χ4v) is 4.29. The molecule has 2 saturated heterocycles. The van der Waals surface area contributed by atoms with Crippen LogP contribution in [0.1, 0.15) is 26.2 Å². The summed E-state index contributed by atoms with van der Waals surface area (Å²) < 4.78 is 25.2. The molecule has 16 heavy (non-hydrogen) atoms. The third-order valence-electron chi connectivity index (χ3n) is 3.63. The zero-order chi connectivity index (χ0) is 11.8. The first-order valence-electron chi connectivity index (χ1n) is 5.84.